The summed E-state index contributed by atoms with van der Waals surface area (Å²) in [4.78, 5) is 18.4. The number of ether oxygens (including phenoxy) is 1. The molecule has 0 N–H and O–H groups in total. The Hall–Kier alpha value is -2.62. The number of nitrogens with zero attached hydrogens (tertiary/aromatic N) is 4. The maximum Gasteiger partial charge on any atom is 0.253 e. The Balaban J connectivity index is 2.00. The topological polar surface area (TPSA) is 84.7 Å². The molecule has 10 heteroatoms. The SMILES string of the molecule is CCn1c(CN(C)S(=O)(=O)c2cc(Cl)ccc2OC)nc2cc(C(=O)N(C)C)ccc21. The molecule has 0 spiro atoms. The molecule has 8 nitrogen and oxygen atoms in total. The highest BCUT2D eigenvalue weighted by molar-refractivity contribution is 7.89. The van der Waals surface area contributed by atoms with Gasteiger partial charge in [0, 0.05) is 38.3 Å². The number of hydrogen-bond donors (Lipinski definition) is 0. The van der Waals surface area contributed by atoms with Crippen molar-refractivity contribution in [3.63, 3.8) is 0 Å². The third-order valence-electron chi connectivity index (χ3n) is 4.97. The first-order valence-electron chi connectivity index (χ1n) is 9.60. The summed E-state index contributed by atoms with van der Waals surface area (Å²) in [6.45, 7) is 2.59. The number of imidazole rings is 1. The van der Waals surface area contributed by atoms with Crippen LogP contribution in [0.5, 0.6) is 5.75 Å². The van der Waals surface area contributed by atoms with E-state index < -0.39 is 10.0 Å². The number of carbonyl (C=O) groups is 1. The van der Waals surface area contributed by atoms with Crippen molar-refractivity contribution >= 4 is 38.6 Å². The molecule has 1 aromatic heterocycles. The number of rotatable bonds is 7. The van der Waals surface area contributed by atoms with Gasteiger partial charge in [0.1, 0.15) is 16.5 Å². The number of carbonyl (C=O) groups excluding carboxylic acids is 1. The molecular weight excluding hydrogens is 440 g/mol. The van der Waals surface area contributed by atoms with Gasteiger partial charge in [0.05, 0.1) is 24.7 Å². The van der Waals surface area contributed by atoms with Gasteiger partial charge in [-0.25, -0.2) is 13.4 Å². The van der Waals surface area contributed by atoms with Crippen LogP contribution in [0.25, 0.3) is 11.0 Å². The summed E-state index contributed by atoms with van der Waals surface area (Å²) >= 11 is 6.02. The van der Waals surface area contributed by atoms with Crippen molar-refractivity contribution in [3.8, 4) is 5.75 Å². The van der Waals surface area contributed by atoms with Crippen LogP contribution >= 0.6 is 11.6 Å². The predicted molar refractivity (Wildman–Crippen MR) is 120 cm³/mol. The summed E-state index contributed by atoms with van der Waals surface area (Å²) in [5.41, 5.74) is 1.99. The highest BCUT2D eigenvalue weighted by Gasteiger charge is 2.27. The average Bonchev–Trinajstić information content (AvgIpc) is 3.08. The van der Waals surface area contributed by atoms with Crippen molar-refractivity contribution in [2.24, 2.45) is 0 Å². The van der Waals surface area contributed by atoms with Gasteiger partial charge in [-0.3, -0.25) is 4.79 Å². The number of methoxy groups -OCH3 is 1. The molecule has 0 aliphatic carbocycles. The molecule has 0 bridgehead atoms. The van der Waals surface area contributed by atoms with Gasteiger partial charge in [0.2, 0.25) is 10.0 Å². The Kier molecular flexibility index (Phi) is 6.59. The van der Waals surface area contributed by atoms with Crippen LogP contribution in [0.1, 0.15) is 23.1 Å². The molecule has 0 unspecified atom stereocenters. The van der Waals surface area contributed by atoms with Gasteiger partial charge in [-0.1, -0.05) is 11.6 Å². The molecule has 0 atom stereocenters. The first-order valence-corrected chi connectivity index (χ1v) is 11.4. The lowest BCUT2D eigenvalue weighted by Gasteiger charge is -2.19. The number of amides is 1. The molecular formula is C21H25ClN4O4S. The second-order valence-electron chi connectivity index (χ2n) is 7.23. The minimum Gasteiger partial charge on any atom is -0.495 e. The zero-order valence-electron chi connectivity index (χ0n) is 18.1. The van der Waals surface area contributed by atoms with Crippen molar-refractivity contribution in [2.45, 2.75) is 24.9 Å². The molecule has 0 aliphatic rings. The first kappa shape index (κ1) is 23.1. The van der Waals surface area contributed by atoms with Crippen LogP contribution in [0.15, 0.2) is 41.3 Å². The smallest absolute Gasteiger partial charge is 0.253 e. The summed E-state index contributed by atoms with van der Waals surface area (Å²) in [5, 5.41) is 0.298. The van der Waals surface area contributed by atoms with E-state index in [1.807, 2.05) is 17.6 Å². The molecule has 0 fully saturated rings. The van der Waals surface area contributed by atoms with Gasteiger partial charge in [-0.05, 0) is 43.3 Å². The fraction of sp³-hybridized carbons (Fsp3) is 0.333. The van der Waals surface area contributed by atoms with Gasteiger partial charge in [0.25, 0.3) is 5.91 Å². The third-order valence-corrected chi connectivity index (χ3v) is 7.03. The van der Waals surface area contributed by atoms with Gasteiger partial charge in [-0.15, -0.1) is 0 Å². The lowest BCUT2D eigenvalue weighted by Crippen LogP contribution is -2.28. The lowest BCUT2D eigenvalue weighted by molar-refractivity contribution is 0.0827. The van der Waals surface area contributed by atoms with Gasteiger partial charge in [-0.2, -0.15) is 4.31 Å². The third kappa shape index (κ3) is 4.39. The summed E-state index contributed by atoms with van der Waals surface area (Å²) in [5.74, 6) is 0.661. The Morgan fingerprint density at radius 3 is 2.48 bits per heavy atom. The van der Waals surface area contributed by atoms with Gasteiger partial charge < -0.3 is 14.2 Å². The lowest BCUT2D eigenvalue weighted by atomic mass is 10.2. The number of hydrogen-bond acceptors (Lipinski definition) is 5. The molecule has 0 saturated carbocycles. The molecule has 3 rings (SSSR count). The van der Waals surface area contributed by atoms with Crippen molar-refractivity contribution < 1.29 is 17.9 Å². The molecule has 166 valence electrons. The summed E-state index contributed by atoms with van der Waals surface area (Å²) in [6.07, 6.45) is 0. The maximum absolute atomic E-state index is 13.2. The summed E-state index contributed by atoms with van der Waals surface area (Å²) in [7, 11) is 2.38. The van der Waals surface area contributed by atoms with Crippen LogP contribution < -0.4 is 4.74 Å². The fourth-order valence-electron chi connectivity index (χ4n) is 3.35. The number of aryl methyl sites for hydroxylation is 1. The Bertz CT molecular complexity index is 1240. The van der Waals surface area contributed by atoms with Crippen LogP contribution in [-0.4, -0.2) is 61.3 Å². The van der Waals surface area contributed by atoms with E-state index in [-0.39, 0.29) is 23.1 Å². The minimum atomic E-state index is -3.89. The highest BCUT2D eigenvalue weighted by Crippen LogP contribution is 2.30. The van der Waals surface area contributed by atoms with Crippen molar-refractivity contribution in [3.05, 3.63) is 52.8 Å². The largest absolute Gasteiger partial charge is 0.495 e. The van der Waals surface area contributed by atoms with Gasteiger partial charge >= 0.3 is 0 Å². The van der Waals surface area contributed by atoms with Crippen LogP contribution in [0.4, 0.5) is 0 Å². The number of sulfonamides is 1. The quantitative estimate of drug-likeness (QED) is 0.536. The molecule has 0 saturated heterocycles. The van der Waals surface area contributed by atoms with Crippen LogP contribution in [0, 0.1) is 0 Å². The zero-order valence-corrected chi connectivity index (χ0v) is 19.7. The van der Waals surface area contributed by atoms with Crippen LogP contribution in [0.3, 0.4) is 0 Å². The fourth-order valence-corrected chi connectivity index (χ4v) is 4.89. The Labute approximate surface area is 187 Å². The highest BCUT2D eigenvalue weighted by atomic mass is 35.5. The second kappa shape index (κ2) is 8.86. The average molecular weight is 465 g/mol. The molecule has 1 amide bonds. The number of aromatic nitrogens is 2. The monoisotopic (exact) mass is 464 g/mol. The van der Waals surface area contributed by atoms with Crippen molar-refractivity contribution in [1.29, 1.82) is 0 Å². The van der Waals surface area contributed by atoms with Crippen molar-refractivity contribution in [1.82, 2.24) is 18.8 Å². The predicted octanol–water partition coefficient (Wildman–Crippen LogP) is 3.24. The van der Waals surface area contributed by atoms with Crippen molar-refractivity contribution in [2.75, 3.05) is 28.3 Å². The number of halogens is 1. The molecule has 0 radical (unpaired) electrons. The van der Waals surface area contributed by atoms with E-state index in [0.29, 0.717) is 28.5 Å². The molecule has 2 aromatic carbocycles. The van der Waals surface area contributed by atoms with E-state index >= 15 is 0 Å². The van der Waals surface area contributed by atoms with E-state index in [2.05, 4.69) is 4.98 Å². The standard InChI is InChI=1S/C21H25ClN4O4S/c1-6-26-17-9-7-14(21(27)24(2)3)11-16(17)23-20(26)13-25(4)31(28,29)19-12-15(22)8-10-18(19)30-5/h7-12H,6,13H2,1-5H3. The maximum atomic E-state index is 13.2. The Morgan fingerprint density at radius 2 is 1.87 bits per heavy atom. The molecule has 0 aliphatic heterocycles. The van der Waals surface area contributed by atoms with E-state index in [1.54, 1.807) is 32.3 Å². The molecule has 1 heterocycles. The zero-order chi connectivity index (χ0) is 22.9. The first-order chi connectivity index (χ1) is 14.6. The number of benzene rings is 2. The van der Waals surface area contributed by atoms with Gasteiger partial charge in [0.15, 0.2) is 0 Å². The van der Waals surface area contributed by atoms with E-state index in [4.69, 9.17) is 16.3 Å². The molecule has 3 aromatic rings. The summed E-state index contributed by atoms with van der Waals surface area (Å²) in [6, 6.07) is 9.77. The molecule has 31 heavy (non-hydrogen) atoms. The van der Waals surface area contributed by atoms with E-state index in [9.17, 15) is 13.2 Å². The van der Waals surface area contributed by atoms with Crippen LogP contribution in [-0.2, 0) is 23.1 Å². The normalized spacial score (nSPS) is 11.8. The van der Waals surface area contributed by atoms with E-state index in [0.717, 1.165) is 5.52 Å². The van der Waals surface area contributed by atoms with E-state index in [1.165, 1.54) is 35.5 Å². The number of fused-ring (bicyclic) bond motifs is 1. The summed E-state index contributed by atoms with van der Waals surface area (Å²) < 4.78 is 34.8. The second-order valence-corrected chi connectivity index (χ2v) is 9.68. The Morgan fingerprint density at radius 1 is 1.16 bits per heavy atom. The minimum absolute atomic E-state index is 0.0111. The van der Waals surface area contributed by atoms with Crippen LogP contribution in [0.2, 0.25) is 5.02 Å².